The van der Waals surface area contributed by atoms with Crippen LogP contribution < -0.4 is 0 Å². The molecule has 0 spiro atoms. The Kier molecular flexibility index (Phi) is 5.56. The molecule has 1 aromatic rings. The lowest BCUT2D eigenvalue weighted by Crippen LogP contribution is -2.11. The van der Waals surface area contributed by atoms with Crippen LogP contribution in [0.25, 0.3) is 0 Å². The molecule has 0 aromatic heterocycles. The summed E-state index contributed by atoms with van der Waals surface area (Å²) in [6.07, 6.45) is 1.37. The minimum Gasteiger partial charge on any atom is -0.299 e. The van der Waals surface area contributed by atoms with Gasteiger partial charge in [0.15, 0.2) is 0 Å². The molecule has 0 radical (unpaired) electrons. The Morgan fingerprint density at radius 1 is 1.18 bits per heavy atom. The van der Waals surface area contributed by atoms with Gasteiger partial charge < -0.3 is 0 Å². The van der Waals surface area contributed by atoms with E-state index in [9.17, 15) is 9.00 Å². The van der Waals surface area contributed by atoms with Gasteiger partial charge in [-0.05, 0) is 25.8 Å². The van der Waals surface area contributed by atoms with Crippen LogP contribution in [0.15, 0.2) is 18.2 Å². The van der Waals surface area contributed by atoms with Gasteiger partial charge in [-0.25, -0.2) is 0 Å². The summed E-state index contributed by atoms with van der Waals surface area (Å²) >= 11 is 0. The molecule has 0 aliphatic carbocycles. The maximum absolute atomic E-state index is 11.8. The summed E-state index contributed by atoms with van der Waals surface area (Å²) in [6.45, 7) is 6.02. The number of hydrogen-bond donors (Lipinski definition) is 0. The zero-order chi connectivity index (χ0) is 12.8. The van der Waals surface area contributed by atoms with Gasteiger partial charge in [0.1, 0.15) is 5.78 Å². The maximum Gasteiger partial charge on any atom is 0.145 e. The second-order valence-electron chi connectivity index (χ2n) is 4.51. The average Bonchev–Trinajstić information content (AvgIpc) is 2.14. The fourth-order valence-electron chi connectivity index (χ4n) is 1.92. The van der Waals surface area contributed by atoms with E-state index in [2.05, 4.69) is 6.07 Å². The first-order valence-electron chi connectivity index (χ1n) is 5.95. The van der Waals surface area contributed by atoms with Gasteiger partial charge in [0.2, 0.25) is 0 Å². The summed E-state index contributed by atoms with van der Waals surface area (Å²) in [5, 5.41) is 0. The van der Waals surface area contributed by atoms with E-state index in [1.54, 1.807) is 0 Å². The second-order valence-corrected chi connectivity index (χ2v) is 5.97. The highest BCUT2D eigenvalue weighted by molar-refractivity contribution is 7.84. The van der Waals surface area contributed by atoms with Crippen molar-refractivity contribution in [3.63, 3.8) is 0 Å². The maximum atomic E-state index is 11.8. The van der Waals surface area contributed by atoms with Gasteiger partial charge in [-0.3, -0.25) is 9.00 Å². The number of aryl methyl sites for hydroxylation is 2. The van der Waals surface area contributed by atoms with Gasteiger partial charge in [-0.15, -0.1) is 0 Å². The molecule has 1 atom stereocenters. The lowest BCUT2D eigenvalue weighted by Gasteiger charge is -2.05. The summed E-state index contributed by atoms with van der Waals surface area (Å²) in [6, 6.07) is 6.17. The van der Waals surface area contributed by atoms with Crippen LogP contribution in [0.1, 0.15) is 36.5 Å². The van der Waals surface area contributed by atoms with E-state index in [1.165, 1.54) is 11.1 Å². The minimum absolute atomic E-state index is 0.107. The third kappa shape index (κ3) is 5.26. The molecule has 94 valence electrons. The SMILES string of the molecule is CCCC(=O)CS(=O)Cc1cc(C)cc(C)c1. The van der Waals surface area contributed by atoms with Crippen LogP contribution in [-0.4, -0.2) is 15.7 Å². The number of hydrogen-bond acceptors (Lipinski definition) is 2. The first kappa shape index (κ1) is 14.1. The predicted molar refractivity (Wildman–Crippen MR) is 72.5 cm³/mol. The molecule has 3 heteroatoms. The fourth-order valence-corrected chi connectivity index (χ4v) is 3.06. The van der Waals surface area contributed by atoms with Crippen LogP contribution in [-0.2, 0) is 21.3 Å². The van der Waals surface area contributed by atoms with Crippen LogP contribution in [0.5, 0.6) is 0 Å². The van der Waals surface area contributed by atoms with E-state index >= 15 is 0 Å². The number of benzene rings is 1. The number of carbonyl (C=O) groups excluding carboxylic acids is 1. The summed E-state index contributed by atoms with van der Waals surface area (Å²) < 4.78 is 11.8. The molecule has 0 aliphatic heterocycles. The third-order valence-corrected chi connectivity index (χ3v) is 3.76. The Balaban J connectivity index is 2.59. The average molecular weight is 252 g/mol. The van der Waals surface area contributed by atoms with Crippen molar-refractivity contribution < 1.29 is 9.00 Å². The van der Waals surface area contributed by atoms with Gasteiger partial charge in [0.25, 0.3) is 0 Å². The van der Waals surface area contributed by atoms with Crippen molar-refractivity contribution in [2.45, 2.75) is 39.4 Å². The van der Waals surface area contributed by atoms with E-state index < -0.39 is 10.8 Å². The first-order valence-corrected chi connectivity index (χ1v) is 7.44. The predicted octanol–water partition coefficient (Wildman–Crippen LogP) is 2.92. The molecule has 0 heterocycles. The van der Waals surface area contributed by atoms with Crippen molar-refractivity contribution in [2.75, 3.05) is 5.75 Å². The lowest BCUT2D eigenvalue weighted by atomic mass is 10.1. The number of rotatable bonds is 6. The molecule has 1 rings (SSSR count). The molecular formula is C14H20O2S. The fraction of sp³-hybridized carbons (Fsp3) is 0.500. The zero-order valence-corrected chi connectivity index (χ0v) is 11.6. The molecule has 0 amide bonds. The number of ketones is 1. The zero-order valence-electron chi connectivity index (χ0n) is 10.8. The van der Waals surface area contributed by atoms with Crippen molar-refractivity contribution in [3.05, 3.63) is 34.9 Å². The van der Waals surface area contributed by atoms with E-state index in [0.29, 0.717) is 12.2 Å². The van der Waals surface area contributed by atoms with Gasteiger partial charge in [-0.2, -0.15) is 0 Å². The van der Waals surface area contributed by atoms with E-state index in [-0.39, 0.29) is 11.5 Å². The van der Waals surface area contributed by atoms with Crippen molar-refractivity contribution in [1.82, 2.24) is 0 Å². The number of carbonyl (C=O) groups is 1. The molecule has 0 saturated carbocycles. The van der Waals surface area contributed by atoms with Crippen LogP contribution in [0.2, 0.25) is 0 Å². The minimum atomic E-state index is -1.07. The van der Waals surface area contributed by atoms with Crippen LogP contribution in [0.3, 0.4) is 0 Å². The Morgan fingerprint density at radius 2 is 1.76 bits per heavy atom. The quantitative estimate of drug-likeness (QED) is 0.780. The Morgan fingerprint density at radius 3 is 2.29 bits per heavy atom. The molecule has 1 unspecified atom stereocenters. The van der Waals surface area contributed by atoms with Crippen molar-refractivity contribution in [2.24, 2.45) is 0 Å². The highest BCUT2D eigenvalue weighted by Gasteiger charge is 2.08. The Bertz CT molecular complexity index is 404. The highest BCUT2D eigenvalue weighted by atomic mass is 32.2. The van der Waals surface area contributed by atoms with Crippen molar-refractivity contribution >= 4 is 16.6 Å². The van der Waals surface area contributed by atoms with Gasteiger partial charge in [0.05, 0.1) is 5.75 Å². The number of Topliss-reactive ketones (excluding diaryl/α,β-unsaturated/α-hetero) is 1. The molecule has 0 N–H and O–H groups in total. The second kappa shape index (κ2) is 6.70. The smallest absolute Gasteiger partial charge is 0.145 e. The summed E-state index contributed by atoms with van der Waals surface area (Å²) in [7, 11) is -1.07. The highest BCUT2D eigenvalue weighted by Crippen LogP contribution is 2.11. The Labute approximate surface area is 106 Å². The summed E-state index contributed by atoms with van der Waals surface area (Å²) in [5.41, 5.74) is 3.42. The van der Waals surface area contributed by atoms with Crippen LogP contribution in [0, 0.1) is 13.8 Å². The van der Waals surface area contributed by atoms with E-state index in [0.717, 1.165) is 12.0 Å². The first-order chi connectivity index (χ1) is 8.01. The van der Waals surface area contributed by atoms with Crippen molar-refractivity contribution in [1.29, 1.82) is 0 Å². The topological polar surface area (TPSA) is 34.1 Å². The van der Waals surface area contributed by atoms with Gasteiger partial charge >= 0.3 is 0 Å². The summed E-state index contributed by atoms with van der Waals surface area (Å²) in [5.74, 6) is 0.786. The molecule has 0 fully saturated rings. The largest absolute Gasteiger partial charge is 0.299 e. The third-order valence-electron chi connectivity index (χ3n) is 2.46. The molecule has 0 aliphatic rings. The standard InChI is InChI=1S/C14H20O2S/c1-4-5-14(15)10-17(16)9-13-7-11(2)6-12(3)8-13/h6-8H,4-5,9-10H2,1-3H3. The van der Waals surface area contributed by atoms with E-state index in [4.69, 9.17) is 0 Å². The molecule has 17 heavy (non-hydrogen) atoms. The Hall–Kier alpha value is -0.960. The van der Waals surface area contributed by atoms with Crippen LogP contribution in [0.4, 0.5) is 0 Å². The lowest BCUT2D eigenvalue weighted by molar-refractivity contribution is -0.116. The summed E-state index contributed by atoms with van der Waals surface area (Å²) in [4.78, 5) is 11.4. The van der Waals surface area contributed by atoms with Crippen molar-refractivity contribution in [3.8, 4) is 0 Å². The van der Waals surface area contributed by atoms with Crippen LogP contribution >= 0.6 is 0 Å². The normalized spacial score (nSPS) is 12.4. The molecule has 0 saturated heterocycles. The molecular weight excluding hydrogens is 232 g/mol. The molecule has 2 nitrogen and oxygen atoms in total. The molecule has 1 aromatic carbocycles. The monoisotopic (exact) mass is 252 g/mol. The van der Waals surface area contributed by atoms with Gasteiger partial charge in [0, 0.05) is 23.0 Å². The van der Waals surface area contributed by atoms with Gasteiger partial charge in [-0.1, -0.05) is 36.2 Å². The molecule has 0 bridgehead atoms. The van der Waals surface area contributed by atoms with E-state index in [1.807, 2.05) is 32.9 Å².